The van der Waals surface area contributed by atoms with E-state index in [0.29, 0.717) is 18.7 Å². The zero-order valence-corrected chi connectivity index (χ0v) is 14.9. The summed E-state index contributed by atoms with van der Waals surface area (Å²) in [5.74, 6) is -0.879. The summed E-state index contributed by atoms with van der Waals surface area (Å²) >= 11 is 0. The highest BCUT2D eigenvalue weighted by Crippen LogP contribution is 2.23. The molecule has 6 heteroatoms. The second-order valence-electron chi connectivity index (χ2n) is 5.87. The van der Waals surface area contributed by atoms with Crippen LogP contribution in [0.3, 0.4) is 0 Å². The van der Waals surface area contributed by atoms with Crippen LogP contribution in [0.25, 0.3) is 0 Å². The Morgan fingerprint density at radius 1 is 1.12 bits per heavy atom. The van der Waals surface area contributed by atoms with E-state index in [1.807, 2.05) is 18.2 Å². The number of amides is 2. The third kappa shape index (κ3) is 5.39. The summed E-state index contributed by atoms with van der Waals surface area (Å²) in [4.78, 5) is 26.6. The third-order valence-electron chi connectivity index (χ3n) is 3.95. The lowest BCUT2D eigenvalue weighted by molar-refractivity contribution is -0.140. The van der Waals surface area contributed by atoms with E-state index in [1.165, 1.54) is 24.0 Å². The summed E-state index contributed by atoms with van der Waals surface area (Å²) in [6, 6.07) is 14.2. The fraction of sp³-hybridized carbons (Fsp3) is 0.300. The van der Waals surface area contributed by atoms with Crippen LogP contribution in [-0.2, 0) is 20.9 Å². The van der Waals surface area contributed by atoms with E-state index in [2.05, 4.69) is 5.32 Å². The van der Waals surface area contributed by atoms with Crippen molar-refractivity contribution in [3.63, 3.8) is 0 Å². The minimum Gasteiger partial charge on any atom is -0.383 e. The first kappa shape index (κ1) is 19.6. The largest absolute Gasteiger partial charge is 0.383 e. The second kappa shape index (κ2) is 9.68. The van der Waals surface area contributed by atoms with Crippen LogP contribution in [0.5, 0.6) is 0 Å². The monoisotopic (exact) mass is 358 g/mol. The molecule has 0 aliphatic carbocycles. The van der Waals surface area contributed by atoms with Crippen molar-refractivity contribution in [1.29, 1.82) is 0 Å². The molecule has 0 aromatic heterocycles. The van der Waals surface area contributed by atoms with Crippen molar-refractivity contribution in [2.24, 2.45) is 0 Å². The number of carbonyl (C=O) groups excluding carboxylic acids is 2. The number of methoxy groups -OCH3 is 1. The Balaban J connectivity index is 2.30. The molecule has 5 nitrogen and oxygen atoms in total. The van der Waals surface area contributed by atoms with Crippen LogP contribution in [0.15, 0.2) is 54.6 Å². The first-order chi connectivity index (χ1) is 12.5. The lowest BCUT2D eigenvalue weighted by atomic mass is 10.0. The van der Waals surface area contributed by atoms with Gasteiger partial charge in [0.25, 0.3) is 0 Å². The van der Waals surface area contributed by atoms with Crippen LogP contribution in [0.2, 0.25) is 0 Å². The topological polar surface area (TPSA) is 58.6 Å². The highest BCUT2D eigenvalue weighted by molar-refractivity contribution is 5.88. The fourth-order valence-corrected chi connectivity index (χ4v) is 2.65. The average molecular weight is 358 g/mol. The molecule has 1 N–H and O–H groups in total. The Morgan fingerprint density at radius 2 is 1.77 bits per heavy atom. The summed E-state index contributed by atoms with van der Waals surface area (Å²) in [6.45, 7) is 2.35. The summed E-state index contributed by atoms with van der Waals surface area (Å²) in [5, 5.41) is 2.79. The van der Waals surface area contributed by atoms with Gasteiger partial charge in [-0.05, 0) is 23.3 Å². The van der Waals surface area contributed by atoms with E-state index in [1.54, 1.807) is 31.4 Å². The van der Waals surface area contributed by atoms with Crippen LogP contribution in [0.1, 0.15) is 24.1 Å². The standard InChI is InChI=1S/C20H23FN2O3/c1-15(24)23(14-16-8-10-18(21)11-9-16)19(17-6-4-3-5-7-17)20(25)22-12-13-26-2/h3-11,19H,12-14H2,1-2H3,(H,22,25)/t19-/m1/s1. The Morgan fingerprint density at radius 3 is 2.35 bits per heavy atom. The highest BCUT2D eigenvalue weighted by Gasteiger charge is 2.29. The minimum atomic E-state index is -0.782. The van der Waals surface area contributed by atoms with Gasteiger partial charge in [0, 0.05) is 27.1 Å². The number of nitrogens with zero attached hydrogens (tertiary/aromatic N) is 1. The number of hydrogen-bond donors (Lipinski definition) is 1. The first-order valence-electron chi connectivity index (χ1n) is 8.36. The van der Waals surface area contributed by atoms with Gasteiger partial charge >= 0.3 is 0 Å². The number of halogens is 1. The number of hydrogen-bond acceptors (Lipinski definition) is 3. The number of ether oxygens (including phenoxy) is 1. The van der Waals surface area contributed by atoms with Crippen LogP contribution in [-0.4, -0.2) is 37.0 Å². The normalized spacial score (nSPS) is 11.7. The van der Waals surface area contributed by atoms with Crippen molar-refractivity contribution >= 4 is 11.8 Å². The van der Waals surface area contributed by atoms with Gasteiger partial charge < -0.3 is 15.0 Å². The Bertz CT molecular complexity index is 720. The van der Waals surface area contributed by atoms with Crippen molar-refractivity contribution in [2.75, 3.05) is 20.3 Å². The fourth-order valence-electron chi connectivity index (χ4n) is 2.65. The quantitative estimate of drug-likeness (QED) is 0.738. The molecular weight excluding hydrogens is 335 g/mol. The molecule has 26 heavy (non-hydrogen) atoms. The molecule has 0 spiro atoms. The van der Waals surface area contributed by atoms with Crippen molar-refractivity contribution in [2.45, 2.75) is 19.5 Å². The molecule has 0 bridgehead atoms. The molecule has 0 fully saturated rings. The maximum absolute atomic E-state index is 13.2. The zero-order valence-electron chi connectivity index (χ0n) is 14.9. The van der Waals surface area contributed by atoms with Crippen molar-refractivity contribution in [1.82, 2.24) is 10.2 Å². The predicted octanol–water partition coefficient (Wildman–Crippen LogP) is 2.68. The van der Waals surface area contributed by atoms with Gasteiger partial charge in [0.2, 0.25) is 11.8 Å². The highest BCUT2D eigenvalue weighted by atomic mass is 19.1. The van der Waals surface area contributed by atoms with Gasteiger partial charge in [-0.15, -0.1) is 0 Å². The molecule has 0 aliphatic heterocycles. The SMILES string of the molecule is COCCNC(=O)[C@@H](c1ccccc1)N(Cc1ccc(F)cc1)C(C)=O. The second-order valence-corrected chi connectivity index (χ2v) is 5.87. The van der Waals surface area contributed by atoms with E-state index in [9.17, 15) is 14.0 Å². The molecule has 2 aromatic carbocycles. The van der Waals surface area contributed by atoms with E-state index in [0.717, 1.165) is 5.56 Å². The lowest BCUT2D eigenvalue weighted by Crippen LogP contribution is -2.43. The van der Waals surface area contributed by atoms with Crippen LogP contribution in [0.4, 0.5) is 4.39 Å². The summed E-state index contributed by atoms with van der Waals surface area (Å²) in [7, 11) is 1.55. The summed E-state index contributed by atoms with van der Waals surface area (Å²) in [5.41, 5.74) is 1.45. The van der Waals surface area contributed by atoms with Gasteiger partial charge in [-0.1, -0.05) is 42.5 Å². The molecular formula is C20H23FN2O3. The smallest absolute Gasteiger partial charge is 0.247 e. The van der Waals surface area contributed by atoms with Crippen molar-refractivity contribution < 1.29 is 18.7 Å². The molecule has 0 unspecified atom stereocenters. The third-order valence-corrected chi connectivity index (χ3v) is 3.95. The number of nitrogens with one attached hydrogen (secondary N) is 1. The van der Waals surface area contributed by atoms with E-state index in [4.69, 9.17) is 4.74 Å². The molecule has 0 radical (unpaired) electrons. The number of rotatable bonds is 8. The maximum atomic E-state index is 13.2. The predicted molar refractivity (Wildman–Crippen MR) is 96.7 cm³/mol. The molecule has 138 valence electrons. The molecule has 1 atom stereocenters. The lowest BCUT2D eigenvalue weighted by Gasteiger charge is -2.30. The first-order valence-corrected chi connectivity index (χ1v) is 8.36. The number of benzene rings is 2. The van der Waals surface area contributed by atoms with Gasteiger partial charge in [0.05, 0.1) is 6.61 Å². The van der Waals surface area contributed by atoms with Crippen LogP contribution < -0.4 is 5.32 Å². The van der Waals surface area contributed by atoms with Crippen LogP contribution >= 0.6 is 0 Å². The Labute approximate surface area is 152 Å². The van der Waals surface area contributed by atoms with Crippen molar-refractivity contribution in [3.05, 3.63) is 71.5 Å². The molecule has 0 saturated carbocycles. The molecule has 2 rings (SSSR count). The van der Waals surface area contributed by atoms with Gasteiger partial charge in [0.1, 0.15) is 11.9 Å². The summed E-state index contributed by atoms with van der Waals surface area (Å²) in [6.07, 6.45) is 0. The van der Waals surface area contributed by atoms with Gasteiger partial charge in [0.15, 0.2) is 0 Å². The Hall–Kier alpha value is -2.73. The summed E-state index contributed by atoms with van der Waals surface area (Å²) < 4.78 is 18.1. The van der Waals surface area contributed by atoms with Gasteiger partial charge in [-0.25, -0.2) is 4.39 Å². The molecule has 2 aromatic rings. The number of carbonyl (C=O) groups is 2. The molecule has 2 amide bonds. The van der Waals surface area contributed by atoms with E-state index >= 15 is 0 Å². The van der Waals surface area contributed by atoms with E-state index in [-0.39, 0.29) is 24.2 Å². The Kier molecular flexibility index (Phi) is 7.29. The average Bonchev–Trinajstić information content (AvgIpc) is 2.64. The van der Waals surface area contributed by atoms with Gasteiger partial charge in [-0.3, -0.25) is 9.59 Å². The maximum Gasteiger partial charge on any atom is 0.247 e. The molecule has 0 saturated heterocycles. The van der Waals surface area contributed by atoms with E-state index < -0.39 is 6.04 Å². The molecule has 0 aliphatic rings. The van der Waals surface area contributed by atoms with Crippen LogP contribution in [0, 0.1) is 5.82 Å². The molecule has 0 heterocycles. The zero-order chi connectivity index (χ0) is 18.9. The minimum absolute atomic E-state index is 0.201. The van der Waals surface area contributed by atoms with Crippen molar-refractivity contribution in [3.8, 4) is 0 Å². The van der Waals surface area contributed by atoms with Gasteiger partial charge in [-0.2, -0.15) is 0 Å².